The van der Waals surface area contributed by atoms with Crippen molar-refractivity contribution in [2.24, 2.45) is 0 Å². The number of anilines is 1. The number of carbonyl (C=O) groups excluding carboxylic acids is 3. The number of benzene rings is 1. The number of esters is 1. The molecule has 0 N–H and O–H groups in total. The summed E-state index contributed by atoms with van der Waals surface area (Å²) < 4.78 is 4.99. The molecule has 2 aliphatic rings. The van der Waals surface area contributed by atoms with Crippen LogP contribution in [-0.2, 0) is 14.3 Å². The summed E-state index contributed by atoms with van der Waals surface area (Å²) in [6.45, 7) is 4.39. The van der Waals surface area contributed by atoms with Crippen LogP contribution in [0.4, 0.5) is 10.5 Å². The van der Waals surface area contributed by atoms with Crippen molar-refractivity contribution in [3.63, 3.8) is 0 Å². The zero-order valence-corrected chi connectivity index (χ0v) is 14.5. The van der Waals surface area contributed by atoms with Crippen molar-refractivity contribution in [1.29, 1.82) is 0 Å². The summed E-state index contributed by atoms with van der Waals surface area (Å²) in [6, 6.07) is 8.59. The van der Waals surface area contributed by atoms with Crippen LogP contribution in [0.1, 0.15) is 33.1 Å². The van der Waals surface area contributed by atoms with Gasteiger partial charge in [0, 0.05) is 13.0 Å². The maximum Gasteiger partial charge on any atom is 0.332 e. The molecule has 3 amide bonds. The highest BCUT2D eigenvalue weighted by molar-refractivity contribution is 6.23. The molecular weight excluding hydrogens is 320 g/mol. The van der Waals surface area contributed by atoms with Gasteiger partial charge in [-0.25, -0.2) is 9.69 Å². The third kappa shape index (κ3) is 2.92. The molecular formula is C19H22N2O4. The normalized spacial score (nSPS) is 22.7. The van der Waals surface area contributed by atoms with Gasteiger partial charge in [0.1, 0.15) is 5.54 Å². The van der Waals surface area contributed by atoms with E-state index < -0.39 is 5.54 Å². The van der Waals surface area contributed by atoms with Crippen LogP contribution in [0.3, 0.4) is 0 Å². The first-order chi connectivity index (χ1) is 12.0. The van der Waals surface area contributed by atoms with E-state index in [9.17, 15) is 14.4 Å². The predicted molar refractivity (Wildman–Crippen MR) is 93.0 cm³/mol. The summed E-state index contributed by atoms with van der Waals surface area (Å²) in [4.78, 5) is 40.8. The Morgan fingerprint density at radius 3 is 2.64 bits per heavy atom. The lowest BCUT2D eigenvalue weighted by Crippen LogP contribution is -2.52. The Labute approximate surface area is 147 Å². The molecule has 2 aliphatic heterocycles. The summed E-state index contributed by atoms with van der Waals surface area (Å²) in [7, 11) is 0. The van der Waals surface area contributed by atoms with Gasteiger partial charge in [-0.2, -0.15) is 0 Å². The van der Waals surface area contributed by atoms with Crippen LogP contribution in [0.15, 0.2) is 42.0 Å². The summed E-state index contributed by atoms with van der Waals surface area (Å²) in [5.41, 5.74) is 0.599. The van der Waals surface area contributed by atoms with Crippen LogP contribution in [0.5, 0.6) is 0 Å². The molecule has 0 aromatic heterocycles. The second-order valence-electron chi connectivity index (χ2n) is 6.44. The van der Waals surface area contributed by atoms with Gasteiger partial charge in [0.2, 0.25) is 0 Å². The average Bonchev–Trinajstić information content (AvgIpc) is 2.82. The number of amides is 3. The quantitative estimate of drug-likeness (QED) is 0.469. The highest BCUT2D eigenvalue weighted by atomic mass is 16.5. The molecule has 1 atom stereocenters. The van der Waals surface area contributed by atoms with Gasteiger partial charge in [-0.15, -0.1) is 0 Å². The number of urea groups is 1. The standard InChI is InChI=1S/C19H22N2O4/c1-3-25-16(22)10-12-19-11-9-14(2)13-20(19)18(24)21(17(19)23)15-7-5-4-6-8-15/h4-9H,3,10-13H2,1-2H3. The number of imide groups is 1. The summed E-state index contributed by atoms with van der Waals surface area (Å²) in [5, 5.41) is 0. The van der Waals surface area contributed by atoms with Gasteiger partial charge < -0.3 is 9.64 Å². The van der Waals surface area contributed by atoms with E-state index in [2.05, 4.69) is 0 Å². The van der Waals surface area contributed by atoms with Crippen molar-refractivity contribution in [3.05, 3.63) is 42.0 Å². The van der Waals surface area contributed by atoms with Crippen LogP contribution < -0.4 is 4.90 Å². The number of carbonyl (C=O) groups is 3. The number of hydrogen-bond donors (Lipinski definition) is 0. The van der Waals surface area contributed by atoms with E-state index in [4.69, 9.17) is 4.74 Å². The number of nitrogens with zero attached hydrogens (tertiary/aromatic N) is 2. The molecule has 0 aliphatic carbocycles. The number of hydrogen-bond acceptors (Lipinski definition) is 4. The average molecular weight is 342 g/mol. The molecule has 6 nitrogen and oxygen atoms in total. The predicted octanol–water partition coefficient (Wildman–Crippen LogP) is 2.89. The maximum absolute atomic E-state index is 13.2. The Hall–Kier alpha value is -2.63. The fraction of sp³-hybridized carbons (Fsp3) is 0.421. The first kappa shape index (κ1) is 17.2. The first-order valence-electron chi connectivity index (χ1n) is 8.52. The molecule has 1 fully saturated rings. The van der Waals surface area contributed by atoms with Crippen molar-refractivity contribution >= 4 is 23.6 Å². The summed E-state index contributed by atoms with van der Waals surface area (Å²) >= 11 is 0. The molecule has 3 rings (SSSR count). The molecule has 132 valence electrons. The highest BCUT2D eigenvalue weighted by Gasteiger charge is 2.57. The summed E-state index contributed by atoms with van der Waals surface area (Å²) in [6.07, 6.45) is 2.79. The molecule has 6 heteroatoms. The Bertz CT molecular complexity index is 728. The SMILES string of the molecule is CCOC(=O)CCC12CC=C(C)CN1C(=O)N(c1ccccc1)C2=O. The monoisotopic (exact) mass is 342 g/mol. The molecule has 1 aromatic rings. The molecule has 1 saturated heterocycles. The van der Waals surface area contributed by atoms with Gasteiger partial charge in [0.15, 0.2) is 0 Å². The number of fused-ring (bicyclic) bond motifs is 1. The van der Waals surface area contributed by atoms with Crippen LogP contribution in [-0.4, -0.2) is 41.5 Å². The lowest BCUT2D eigenvalue weighted by Gasteiger charge is -2.37. The van der Waals surface area contributed by atoms with Crippen molar-refractivity contribution in [2.45, 2.75) is 38.6 Å². The topological polar surface area (TPSA) is 66.9 Å². The third-order valence-corrected chi connectivity index (χ3v) is 4.80. The van der Waals surface area contributed by atoms with Crippen molar-refractivity contribution < 1.29 is 19.1 Å². The van der Waals surface area contributed by atoms with E-state index in [1.54, 1.807) is 36.1 Å². The maximum atomic E-state index is 13.2. The van der Waals surface area contributed by atoms with Crippen molar-refractivity contribution in [2.75, 3.05) is 18.1 Å². The Morgan fingerprint density at radius 2 is 1.96 bits per heavy atom. The van der Waals surface area contributed by atoms with E-state index in [-0.39, 0.29) is 30.7 Å². The smallest absolute Gasteiger partial charge is 0.332 e. The zero-order valence-electron chi connectivity index (χ0n) is 14.5. The fourth-order valence-electron chi connectivity index (χ4n) is 3.48. The van der Waals surface area contributed by atoms with Crippen LogP contribution in [0, 0.1) is 0 Å². The minimum atomic E-state index is -1.00. The van der Waals surface area contributed by atoms with E-state index in [0.717, 1.165) is 5.57 Å². The summed E-state index contributed by atoms with van der Waals surface area (Å²) in [5.74, 6) is -0.613. The van der Waals surface area contributed by atoms with Gasteiger partial charge in [0.05, 0.1) is 12.3 Å². The van der Waals surface area contributed by atoms with E-state index >= 15 is 0 Å². The van der Waals surface area contributed by atoms with Crippen molar-refractivity contribution in [3.8, 4) is 0 Å². The molecule has 2 heterocycles. The Balaban J connectivity index is 1.93. The van der Waals surface area contributed by atoms with Crippen molar-refractivity contribution in [1.82, 2.24) is 4.90 Å². The van der Waals surface area contributed by atoms with Gasteiger partial charge in [-0.3, -0.25) is 9.59 Å². The lowest BCUT2D eigenvalue weighted by atomic mass is 9.84. The molecule has 0 saturated carbocycles. The molecule has 0 spiro atoms. The lowest BCUT2D eigenvalue weighted by molar-refractivity contribution is -0.144. The van der Waals surface area contributed by atoms with Crippen LogP contribution in [0.25, 0.3) is 0 Å². The fourth-order valence-corrected chi connectivity index (χ4v) is 3.48. The Morgan fingerprint density at radius 1 is 1.24 bits per heavy atom. The van der Waals surface area contributed by atoms with Crippen LogP contribution in [0.2, 0.25) is 0 Å². The molecule has 25 heavy (non-hydrogen) atoms. The number of ether oxygens (including phenoxy) is 1. The largest absolute Gasteiger partial charge is 0.466 e. The van der Waals surface area contributed by atoms with Gasteiger partial charge in [0.25, 0.3) is 5.91 Å². The molecule has 1 unspecified atom stereocenters. The van der Waals surface area contributed by atoms with Gasteiger partial charge >= 0.3 is 12.0 Å². The third-order valence-electron chi connectivity index (χ3n) is 4.80. The molecule has 1 aromatic carbocycles. The minimum absolute atomic E-state index is 0.110. The zero-order chi connectivity index (χ0) is 18.0. The van der Waals surface area contributed by atoms with Crippen LogP contribution >= 0.6 is 0 Å². The highest BCUT2D eigenvalue weighted by Crippen LogP contribution is 2.41. The Kier molecular flexibility index (Phi) is 4.61. The second-order valence-corrected chi connectivity index (χ2v) is 6.44. The van der Waals surface area contributed by atoms with E-state index in [0.29, 0.717) is 25.3 Å². The number of rotatable bonds is 5. The second kappa shape index (κ2) is 6.70. The van der Waals surface area contributed by atoms with Gasteiger partial charge in [-0.05, 0) is 38.8 Å². The van der Waals surface area contributed by atoms with E-state index in [1.165, 1.54) is 4.90 Å². The molecule has 0 bridgehead atoms. The first-order valence-corrected chi connectivity index (χ1v) is 8.52. The number of para-hydroxylation sites is 1. The van der Waals surface area contributed by atoms with E-state index in [1.807, 2.05) is 19.1 Å². The minimum Gasteiger partial charge on any atom is -0.466 e. The molecule has 0 radical (unpaired) electrons. The van der Waals surface area contributed by atoms with Gasteiger partial charge in [-0.1, -0.05) is 29.8 Å².